The predicted octanol–water partition coefficient (Wildman–Crippen LogP) is 0.753. The summed E-state index contributed by atoms with van der Waals surface area (Å²) < 4.78 is 0. The third kappa shape index (κ3) is 5.59. The fraction of sp³-hybridized carbons (Fsp3) is 0.429. The van der Waals surface area contributed by atoms with Gasteiger partial charge in [-0.15, -0.1) is 11.6 Å². The highest BCUT2D eigenvalue weighted by atomic mass is 35.5. The molecule has 0 radical (unpaired) electrons. The first kappa shape index (κ1) is 16.5. The summed E-state index contributed by atoms with van der Waals surface area (Å²) in [5, 5.41) is 11.5. The molecule has 20 heavy (non-hydrogen) atoms. The molecule has 1 aromatic carbocycles. The monoisotopic (exact) mass is 298 g/mol. The molecule has 0 aliphatic carbocycles. The molecule has 2 amide bonds. The molecular weight excluding hydrogens is 280 g/mol. The van der Waals surface area contributed by atoms with Gasteiger partial charge in [-0.2, -0.15) is 0 Å². The molecule has 0 bridgehead atoms. The van der Waals surface area contributed by atoms with Crippen LogP contribution < -0.4 is 5.32 Å². The Morgan fingerprint density at radius 2 is 1.95 bits per heavy atom. The smallest absolute Gasteiger partial charge is 0.312 e. The zero-order valence-electron chi connectivity index (χ0n) is 11.2. The second kappa shape index (κ2) is 9.34. The Kier molecular flexibility index (Phi) is 7.69. The number of alkyl halides is 1. The third-order valence-electron chi connectivity index (χ3n) is 2.66. The van der Waals surface area contributed by atoms with Crippen molar-refractivity contribution in [2.45, 2.75) is 13.0 Å². The molecule has 110 valence electrons. The number of nitrogens with one attached hydrogen (secondary N) is 1. The van der Waals surface area contributed by atoms with Crippen LogP contribution in [0.4, 0.5) is 0 Å². The fourth-order valence-electron chi connectivity index (χ4n) is 1.66. The molecule has 1 aromatic rings. The average molecular weight is 299 g/mol. The maximum Gasteiger partial charge on any atom is 0.312 e. The molecule has 0 heterocycles. The molecular formula is C14H19ClN2O3. The van der Waals surface area contributed by atoms with Crippen LogP contribution in [0.25, 0.3) is 0 Å². The van der Waals surface area contributed by atoms with Gasteiger partial charge in [-0.25, -0.2) is 0 Å². The zero-order chi connectivity index (χ0) is 14.8. The van der Waals surface area contributed by atoms with E-state index in [1.807, 2.05) is 30.3 Å². The van der Waals surface area contributed by atoms with Gasteiger partial charge in [0, 0.05) is 25.5 Å². The molecule has 0 aromatic heterocycles. The highest BCUT2D eigenvalue weighted by molar-refractivity contribution is 6.35. The number of aliphatic hydroxyl groups is 1. The van der Waals surface area contributed by atoms with Crippen molar-refractivity contribution < 1.29 is 14.7 Å². The Morgan fingerprint density at radius 1 is 1.25 bits per heavy atom. The van der Waals surface area contributed by atoms with E-state index in [-0.39, 0.29) is 13.2 Å². The van der Waals surface area contributed by atoms with Gasteiger partial charge in [-0.3, -0.25) is 9.59 Å². The lowest BCUT2D eigenvalue weighted by molar-refractivity contribution is -0.146. The highest BCUT2D eigenvalue weighted by Crippen LogP contribution is 2.04. The van der Waals surface area contributed by atoms with Gasteiger partial charge >= 0.3 is 11.8 Å². The van der Waals surface area contributed by atoms with Crippen LogP contribution in [0, 0.1) is 0 Å². The first-order valence-electron chi connectivity index (χ1n) is 6.47. The first-order valence-corrected chi connectivity index (χ1v) is 7.00. The van der Waals surface area contributed by atoms with Crippen LogP contribution in [-0.4, -0.2) is 47.4 Å². The molecule has 0 aliphatic rings. The van der Waals surface area contributed by atoms with Gasteiger partial charge in [0.25, 0.3) is 0 Å². The van der Waals surface area contributed by atoms with Gasteiger partial charge in [-0.1, -0.05) is 30.3 Å². The Balaban J connectivity index is 2.60. The third-order valence-corrected chi connectivity index (χ3v) is 2.93. The number of rotatable bonds is 7. The summed E-state index contributed by atoms with van der Waals surface area (Å²) in [5.41, 5.74) is 0.905. The number of aliphatic hydroxyl groups excluding tert-OH is 1. The molecule has 6 heteroatoms. The number of amides is 2. The van der Waals surface area contributed by atoms with Crippen LogP contribution in [0.5, 0.6) is 0 Å². The summed E-state index contributed by atoms with van der Waals surface area (Å²) in [7, 11) is 0. The predicted molar refractivity (Wildman–Crippen MR) is 77.3 cm³/mol. The lowest BCUT2D eigenvalue weighted by atomic mass is 10.2. The van der Waals surface area contributed by atoms with Crippen molar-refractivity contribution >= 4 is 23.4 Å². The van der Waals surface area contributed by atoms with Crippen molar-refractivity contribution in [1.29, 1.82) is 0 Å². The lowest BCUT2D eigenvalue weighted by Crippen LogP contribution is -2.44. The summed E-state index contributed by atoms with van der Waals surface area (Å²) in [6.07, 6.45) is 0.610. The van der Waals surface area contributed by atoms with Crippen molar-refractivity contribution in [3.05, 3.63) is 35.9 Å². The molecule has 0 saturated heterocycles. The second-order valence-corrected chi connectivity index (χ2v) is 4.61. The van der Waals surface area contributed by atoms with Gasteiger partial charge in [0.1, 0.15) is 0 Å². The Morgan fingerprint density at radius 3 is 2.55 bits per heavy atom. The van der Waals surface area contributed by atoms with Gasteiger partial charge in [0.15, 0.2) is 0 Å². The van der Waals surface area contributed by atoms with Gasteiger partial charge < -0.3 is 15.3 Å². The normalized spacial score (nSPS) is 10.1. The van der Waals surface area contributed by atoms with Crippen molar-refractivity contribution in [3.8, 4) is 0 Å². The van der Waals surface area contributed by atoms with Gasteiger partial charge in [-0.05, 0) is 12.0 Å². The number of hydrogen-bond acceptors (Lipinski definition) is 3. The Bertz CT molecular complexity index is 426. The average Bonchev–Trinajstić information content (AvgIpc) is 2.47. The lowest BCUT2D eigenvalue weighted by Gasteiger charge is -2.21. The molecule has 2 N–H and O–H groups in total. The van der Waals surface area contributed by atoms with Crippen LogP contribution in [-0.2, 0) is 16.1 Å². The standard InChI is InChI=1S/C14H19ClN2O3/c15-7-4-8-16-13(19)14(20)17(9-10-18)11-12-5-2-1-3-6-12/h1-3,5-6,18H,4,7-11H2,(H,16,19). The molecule has 5 nitrogen and oxygen atoms in total. The quantitative estimate of drug-likeness (QED) is 0.443. The minimum absolute atomic E-state index is 0.122. The minimum Gasteiger partial charge on any atom is -0.395 e. The first-order chi connectivity index (χ1) is 9.69. The summed E-state index contributed by atoms with van der Waals surface area (Å²) in [5.74, 6) is -0.879. The number of halogens is 1. The number of nitrogens with zero attached hydrogens (tertiary/aromatic N) is 1. The zero-order valence-corrected chi connectivity index (χ0v) is 12.0. The number of hydrogen-bond donors (Lipinski definition) is 2. The van der Waals surface area contributed by atoms with E-state index >= 15 is 0 Å². The summed E-state index contributed by atoms with van der Waals surface area (Å²) >= 11 is 5.50. The number of carbonyl (C=O) groups excluding carboxylic acids is 2. The molecule has 0 saturated carbocycles. The van der Waals surface area contributed by atoms with Crippen molar-refractivity contribution in [2.24, 2.45) is 0 Å². The van der Waals surface area contributed by atoms with Gasteiger partial charge in [0.2, 0.25) is 0 Å². The van der Waals surface area contributed by atoms with E-state index in [9.17, 15) is 9.59 Å². The van der Waals surface area contributed by atoms with E-state index in [1.54, 1.807) is 0 Å². The van der Waals surface area contributed by atoms with Gasteiger partial charge in [0.05, 0.1) is 6.61 Å². The van der Waals surface area contributed by atoms with E-state index in [0.29, 0.717) is 25.4 Å². The van der Waals surface area contributed by atoms with Crippen LogP contribution in [0.1, 0.15) is 12.0 Å². The van der Waals surface area contributed by atoms with E-state index < -0.39 is 11.8 Å². The van der Waals surface area contributed by atoms with E-state index in [2.05, 4.69) is 5.32 Å². The van der Waals surface area contributed by atoms with E-state index in [0.717, 1.165) is 5.56 Å². The van der Waals surface area contributed by atoms with E-state index in [4.69, 9.17) is 16.7 Å². The number of benzene rings is 1. The summed E-state index contributed by atoms with van der Waals surface area (Å²) in [4.78, 5) is 25.0. The topological polar surface area (TPSA) is 69.6 Å². The van der Waals surface area contributed by atoms with Crippen LogP contribution in [0.15, 0.2) is 30.3 Å². The maximum atomic E-state index is 12.0. The molecule has 0 spiro atoms. The molecule has 1 rings (SSSR count). The molecule has 0 aliphatic heterocycles. The van der Waals surface area contributed by atoms with Crippen molar-refractivity contribution in [3.63, 3.8) is 0 Å². The molecule has 0 unspecified atom stereocenters. The van der Waals surface area contributed by atoms with Crippen LogP contribution >= 0.6 is 11.6 Å². The van der Waals surface area contributed by atoms with E-state index in [1.165, 1.54) is 4.90 Å². The Hall–Kier alpha value is -1.59. The minimum atomic E-state index is -0.667. The highest BCUT2D eigenvalue weighted by Gasteiger charge is 2.21. The fourth-order valence-corrected chi connectivity index (χ4v) is 1.80. The van der Waals surface area contributed by atoms with Crippen molar-refractivity contribution in [2.75, 3.05) is 25.6 Å². The summed E-state index contributed by atoms with van der Waals surface area (Å²) in [6.45, 7) is 0.597. The number of carbonyl (C=O) groups is 2. The maximum absolute atomic E-state index is 12.0. The second-order valence-electron chi connectivity index (χ2n) is 4.23. The largest absolute Gasteiger partial charge is 0.395 e. The Labute approximate surface area is 123 Å². The van der Waals surface area contributed by atoms with Crippen LogP contribution in [0.2, 0.25) is 0 Å². The summed E-state index contributed by atoms with van der Waals surface area (Å²) in [6, 6.07) is 9.32. The van der Waals surface area contributed by atoms with Crippen molar-refractivity contribution in [1.82, 2.24) is 10.2 Å². The molecule has 0 fully saturated rings. The van der Waals surface area contributed by atoms with Crippen LogP contribution in [0.3, 0.4) is 0 Å². The molecule has 0 atom stereocenters. The SMILES string of the molecule is O=C(NCCCCl)C(=O)N(CCO)Cc1ccccc1.